The van der Waals surface area contributed by atoms with Gasteiger partial charge in [0.1, 0.15) is 43.7 Å². The SMILES string of the molecule is C=CC(=O)OCCOc1ccc(OC(=O)c2ccc(OCCOC(=O)C=C)cc2)cc1. The number of rotatable bonds is 12. The Morgan fingerprint density at radius 2 is 1.06 bits per heavy atom. The molecule has 0 spiro atoms. The van der Waals surface area contributed by atoms with Crippen LogP contribution in [-0.2, 0) is 19.1 Å². The van der Waals surface area contributed by atoms with Crippen LogP contribution in [-0.4, -0.2) is 44.3 Å². The summed E-state index contributed by atoms with van der Waals surface area (Å²) < 4.78 is 25.8. The minimum atomic E-state index is -0.531. The summed E-state index contributed by atoms with van der Waals surface area (Å²) in [4.78, 5) is 34.1. The zero-order valence-electron chi connectivity index (χ0n) is 16.8. The predicted molar refractivity (Wildman–Crippen MR) is 111 cm³/mol. The third-order valence-corrected chi connectivity index (χ3v) is 3.65. The summed E-state index contributed by atoms with van der Waals surface area (Å²) in [5.41, 5.74) is 0.342. The molecule has 0 saturated carbocycles. The zero-order chi connectivity index (χ0) is 22.5. The molecule has 0 atom stereocenters. The van der Waals surface area contributed by atoms with Crippen LogP contribution in [0.5, 0.6) is 17.2 Å². The summed E-state index contributed by atoms with van der Waals surface area (Å²) in [5, 5.41) is 0. The molecule has 0 fully saturated rings. The van der Waals surface area contributed by atoms with Gasteiger partial charge in [0, 0.05) is 12.2 Å². The number of carbonyl (C=O) groups excluding carboxylic acids is 3. The van der Waals surface area contributed by atoms with Crippen LogP contribution in [0.15, 0.2) is 73.8 Å². The molecule has 2 aromatic carbocycles. The Hall–Kier alpha value is -4.07. The average Bonchev–Trinajstić information content (AvgIpc) is 2.80. The van der Waals surface area contributed by atoms with Crippen molar-refractivity contribution in [2.24, 2.45) is 0 Å². The van der Waals surface area contributed by atoms with Crippen molar-refractivity contribution < 1.29 is 38.1 Å². The van der Waals surface area contributed by atoms with Crippen molar-refractivity contribution in [2.45, 2.75) is 0 Å². The highest BCUT2D eigenvalue weighted by molar-refractivity contribution is 5.91. The van der Waals surface area contributed by atoms with Crippen molar-refractivity contribution in [3.05, 3.63) is 79.4 Å². The Balaban J connectivity index is 1.76. The Labute approximate surface area is 179 Å². The summed E-state index contributed by atoms with van der Waals surface area (Å²) >= 11 is 0. The van der Waals surface area contributed by atoms with Crippen molar-refractivity contribution in [1.29, 1.82) is 0 Å². The molecule has 0 aliphatic rings. The standard InChI is InChI=1S/C23H22O8/c1-3-21(24)29-15-13-27-18-7-5-17(6-8-18)23(26)31-20-11-9-19(10-12-20)28-14-16-30-22(25)4-2/h3-12H,1-2,13-16H2. The van der Waals surface area contributed by atoms with Gasteiger partial charge in [-0.15, -0.1) is 0 Å². The van der Waals surface area contributed by atoms with E-state index in [2.05, 4.69) is 13.2 Å². The Bertz CT molecular complexity index is 900. The fourth-order valence-electron chi connectivity index (χ4n) is 2.18. The molecule has 0 N–H and O–H groups in total. The van der Waals surface area contributed by atoms with Crippen LogP contribution in [0.2, 0.25) is 0 Å². The molecule has 0 radical (unpaired) electrons. The van der Waals surface area contributed by atoms with Gasteiger partial charge in [-0.1, -0.05) is 13.2 Å². The summed E-state index contributed by atoms with van der Waals surface area (Å²) in [6, 6.07) is 12.8. The van der Waals surface area contributed by atoms with Gasteiger partial charge in [-0.2, -0.15) is 0 Å². The second kappa shape index (κ2) is 12.5. The molecule has 0 bridgehead atoms. The maximum absolute atomic E-state index is 12.3. The van der Waals surface area contributed by atoms with Crippen molar-refractivity contribution in [3.63, 3.8) is 0 Å². The molecule has 0 aromatic heterocycles. The van der Waals surface area contributed by atoms with Gasteiger partial charge in [0.2, 0.25) is 0 Å². The summed E-state index contributed by atoms with van der Waals surface area (Å²) in [7, 11) is 0. The number of esters is 3. The molecule has 0 saturated heterocycles. The van der Waals surface area contributed by atoms with Crippen LogP contribution >= 0.6 is 0 Å². The molecule has 162 valence electrons. The number of benzene rings is 2. The molecular formula is C23H22O8. The maximum atomic E-state index is 12.3. The van der Waals surface area contributed by atoms with Crippen LogP contribution in [0.1, 0.15) is 10.4 Å². The van der Waals surface area contributed by atoms with E-state index in [9.17, 15) is 14.4 Å². The van der Waals surface area contributed by atoms with Gasteiger partial charge in [-0.25, -0.2) is 14.4 Å². The quantitative estimate of drug-likeness (QED) is 0.221. The normalized spacial score (nSPS) is 9.81. The van der Waals surface area contributed by atoms with Crippen molar-refractivity contribution in [1.82, 2.24) is 0 Å². The maximum Gasteiger partial charge on any atom is 0.343 e. The van der Waals surface area contributed by atoms with Crippen LogP contribution in [0.4, 0.5) is 0 Å². The Morgan fingerprint density at radius 1 is 0.645 bits per heavy atom. The summed E-state index contributed by atoms with van der Waals surface area (Å²) in [6.45, 7) is 7.15. The van der Waals surface area contributed by atoms with E-state index in [-0.39, 0.29) is 26.4 Å². The molecular weight excluding hydrogens is 404 g/mol. The van der Waals surface area contributed by atoms with E-state index in [0.29, 0.717) is 22.8 Å². The van der Waals surface area contributed by atoms with Crippen molar-refractivity contribution >= 4 is 17.9 Å². The lowest BCUT2D eigenvalue weighted by Crippen LogP contribution is -2.11. The molecule has 0 aliphatic heterocycles. The molecule has 0 heterocycles. The van der Waals surface area contributed by atoms with E-state index in [1.165, 1.54) is 0 Å². The zero-order valence-corrected chi connectivity index (χ0v) is 16.8. The lowest BCUT2D eigenvalue weighted by Gasteiger charge is -2.09. The lowest BCUT2D eigenvalue weighted by molar-refractivity contribution is -0.139. The van der Waals surface area contributed by atoms with E-state index in [1.807, 2.05) is 0 Å². The first-order valence-electron chi connectivity index (χ1n) is 9.28. The Morgan fingerprint density at radius 3 is 1.52 bits per heavy atom. The second-order valence-corrected chi connectivity index (χ2v) is 5.83. The van der Waals surface area contributed by atoms with E-state index in [4.69, 9.17) is 23.7 Å². The number of ether oxygens (including phenoxy) is 5. The van der Waals surface area contributed by atoms with Crippen LogP contribution in [0.3, 0.4) is 0 Å². The minimum absolute atomic E-state index is 0.0916. The molecule has 0 unspecified atom stereocenters. The lowest BCUT2D eigenvalue weighted by atomic mass is 10.2. The van der Waals surface area contributed by atoms with Crippen molar-refractivity contribution in [2.75, 3.05) is 26.4 Å². The average molecular weight is 426 g/mol. The summed E-state index contributed by atoms with van der Waals surface area (Å²) in [6.07, 6.45) is 2.15. The molecule has 2 rings (SSSR count). The molecule has 0 amide bonds. The van der Waals surface area contributed by atoms with E-state index in [1.54, 1.807) is 48.5 Å². The third-order valence-electron chi connectivity index (χ3n) is 3.65. The third kappa shape index (κ3) is 8.45. The molecule has 8 nitrogen and oxygen atoms in total. The van der Waals surface area contributed by atoms with Gasteiger partial charge in [-0.3, -0.25) is 0 Å². The molecule has 2 aromatic rings. The van der Waals surface area contributed by atoms with Gasteiger partial charge < -0.3 is 23.7 Å². The smallest absolute Gasteiger partial charge is 0.343 e. The highest BCUT2D eigenvalue weighted by Gasteiger charge is 2.09. The van der Waals surface area contributed by atoms with E-state index < -0.39 is 17.9 Å². The van der Waals surface area contributed by atoms with Crippen LogP contribution in [0, 0.1) is 0 Å². The highest BCUT2D eigenvalue weighted by atomic mass is 16.6. The number of hydrogen-bond donors (Lipinski definition) is 0. The molecule has 0 aliphatic carbocycles. The topological polar surface area (TPSA) is 97.4 Å². The monoisotopic (exact) mass is 426 g/mol. The first-order chi connectivity index (χ1) is 15.0. The van der Waals surface area contributed by atoms with Gasteiger partial charge in [-0.05, 0) is 48.5 Å². The number of hydrogen-bond acceptors (Lipinski definition) is 8. The fourth-order valence-corrected chi connectivity index (χ4v) is 2.18. The van der Waals surface area contributed by atoms with Gasteiger partial charge >= 0.3 is 17.9 Å². The first-order valence-corrected chi connectivity index (χ1v) is 9.28. The minimum Gasteiger partial charge on any atom is -0.490 e. The molecule has 31 heavy (non-hydrogen) atoms. The first kappa shape index (κ1) is 23.2. The predicted octanol–water partition coefficient (Wildman–Crippen LogP) is 3.12. The fraction of sp³-hybridized carbons (Fsp3) is 0.174. The van der Waals surface area contributed by atoms with Gasteiger partial charge in [0.15, 0.2) is 0 Å². The van der Waals surface area contributed by atoms with Crippen LogP contribution in [0.25, 0.3) is 0 Å². The van der Waals surface area contributed by atoms with E-state index in [0.717, 1.165) is 12.2 Å². The highest BCUT2D eigenvalue weighted by Crippen LogP contribution is 2.19. The van der Waals surface area contributed by atoms with Crippen LogP contribution < -0.4 is 14.2 Å². The largest absolute Gasteiger partial charge is 0.490 e. The van der Waals surface area contributed by atoms with Crippen molar-refractivity contribution in [3.8, 4) is 17.2 Å². The van der Waals surface area contributed by atoms with Gasteiger partial charge in [0.25, 0.3) is 0 Å². The van der Waals surface area contributed by atoms with Gasteiger partial charge in [0.05, 0.1) is 5.56 Å². The number of carbonyl (C=O) groups is 3. The Kier molecular flexibility index (Phi) is 9.35. The molecule has 8 heteroatoms. The second-order valence-electron chi connectivity index (χ2n) is 5.83. The summed E-state index contributed by atoms with van der Waals surface area (Å²) in [5.74, 6) is -0.160. The van der Waals surface area contributed by atoms with E-state index >= 15 is 0 Å².